The Morgan fingerprint density at radius 3 is 2.41 bits per heavy atom. The number of non-ortho nitro benzene ring substituents is 1. The number of nitro benzene ring substituents is 1. The first-order valence-electron chi connectivity index (χ1n) is 7.22. The van der Waals surface area contributed by atoms with Crippen LogP contribution in [0.15, 0.2) is 24.3 Å². The molecule has 0 aromatic heterocycles. The van der Waals surface area contributed by atoms with Gasteiger partial charge in [-0.1, -0.05) is 0 Å². The number of benzene rings is 1. The van der Waals surface area contributed by atoms with Crippen molar-refractivity contribution in [3.05, 3.63) is 34.4 Å². The van der Waals surface area contributed by atoms with Crippen LogP contribution in [0, 0.1) is 10.1 Å². The third-order valence-corrected chi connectivity index (χ3v) is 3.88. The molecule has 0 spiro atoms. The van der Waals surface area contributed by atoms with Gasteiger partial charge in [0.2, 0.25) is 0 Å². The van der Waals surface area contributed by atoms with Crippen molar-refractivity contribution in [2.75, 3.05) is 18.0 Å². The van der Waals surface area contributed by atoms with Crippen molar-refractivity contribution in [3.63, 3.8) is 0 Å². The molecule has 1 aromatic carbocycles. The maximum atomic E-state index is 11.5. The Morgan fingerprint density at radius 1 is 1.36 bits per heavy atom. The zero-order chi connectivity index (χ0) is 16.5. The zero-order valence-corrected chi connectivity index (χ0v) is 13.0. The van der Waals surface area contributed by atoms with Crippen molar-refractivity contribution in [2.45, 2.75) is 38.8 Å². The van der Waals surface area contributed by atoms with Gasteiger partial charge in [-0.2, -0.15) is 0 Å². The van der Waals surface area contributed by atoms with Crippen LogP contribution in [0.4, 0.5) is 16.2 Å². The van der Waals surface area contributed by atoms with Crippen molar-refractivity contribution in [3.8, 4) is 0 Å². The highest BCUT2D eigenvalue weighted by Crippen LogP contribution is 2.28. The van der Waals surface area contributed by atoms with Crippen LogP contribution in [-0.2, 0) is 0 Å². The van der Waals surface area contributed by atoms with Crippen LogP contribution in [0.1, 0.15) is 27.2 Å². The van der Waals surface area contributed by atoms with E-state index in [1.807, 2.05) is 20.8 Å². The largest absolute Gasteiger partial charge is 0.465 e. The normalized spacial score (nSPS) is 18.3. The van der Waals surface area contributed by atoms with Gasteiger partial charge in [-0.15, -0.1) is 0 Å². The summed E-state index contributed by atoms with van der Waals surface area (Å²) in [7, 11) is 0. The standard InChI is InChI=1S/C15H21N3O4/c1-15(2,3)17(14(19)20)13-8-9-16(10-13)11-4-6-12(7-5-11)18(21)22/h4-7,13H,8-10H2,1-3H3,(H,19,20)/t13-/m0/s1. The van der Waals surface area contributed by atoms with Crippen LogP contribution in [-0.4, -0.2) is 45.7 Å². The second-order valence-electron chi connectivity index (χ2n) is 6.49. The lowest BCUT2D eigenvalue weighted by atomic mass is 10.0. The molecule has 120 valence electrons. The molecule has 2 rings (SSSR count). The van der Waals surface area contributed by atoms with Gasteiger partial charge in [0.1, 0.15) is 0 Å². The van der Waals surface area contributed by atoms with E-state index in [1.54, 1.807) is 12.1 Å². The van der Waals surface area contributed by atoms with Gasteiger partial charge >= 0.3 is 6.09 Å². The SMILES string of the molecule is CC(C)(C)N(C(=O)O)[C@H]1CCN(c2ccc([N+](=O)[O-])cc2)C1. The Balaban J connectivity index is 2.12. The third-order valence-electron chi connectivity index (χ3n) is 3.88. The molecule has 1 atom stereocenters. The van der Waals surface area contributed by atoms with Gasteiger partial charge in [-0.25, -0.2) is 4.79 Å². The molecule has 22 heavy (non-hydrogen) atoms. The second-order valence-corrected chi connectivity index (χ2v) is 6.49. The number of rotatable bonds is 3. The summed E-state index contributed by atoms with van der Waals surface area (Å²) >= 11 is 0. The molecule has 1 fully saturated rings. The van der Waals surface area contributed by atoms with Crippen LogP contribution in [0.3, 0.4) is 0 Å². The van der Waals surface area contributed by atoms with E-state index < -0.39 is 16.6 Å². The van der Waals surface area contributed by atoms with Gasteiger partial charge in [-0.3, -0.25) is 15.0 Å². The second kappa shape index (κ2) is 5.82. The van der Waals surface area contributed by atoms with Crippen LogP contribution in [0.2, 0.25) is 0 Å². The molecule has 7 nitrogen and oxygen atoms in total. The minimum Gasteiger partial charge on any atom is -0.465 e. The minimum absolute atomic E-state index is 0.0568. The molecule has 1 aliphatic rings. The third kappa shape index (κ3) is 3.29. The van der Waals surface area contributed by atoms with Crippen LogP contribution < -0.4 is 4.90 Å². The fourth-order valence-electron chi connectivity index (χ4n) is 2.96. The van der Waals surface area contributed by atoms with E-state index in [2.05, 4.69) is 4.90 Å². The lowest BCUT2D eigenvalue weighted by molar-refractivity contribution is -0.384. The summed E-state index contributed by atoms with van der Waals surface area (Å²) in [6.07, 6.45) is -0.163. The van der Waals surface area contributed by atoms with Crippen LogP contribution in [0.25, 0.3) is 0 Å². The Morgan fingerprint density at radius 2 is 1.95 bits per heavy atom. The molecule has 1 N–H and O–H groups in total. The molecule has 7 heteroatoms. The summed E-state index contributed by atoms with van der Waals surface area (Å²) in [5.41, 5.74) is 0.482. The predicted molar refractivity (Wildman–Crippen MR) is 83.3 cm³/mol. The molecular formula is C15H21N3O4. The molecule has 0 bridgehead atoms. The average Bonchev–Trinajstić information content (AvgIpc) is 2.85. The van der Waals surface area contributed by atoms with E-state index in [0.717, 1.165) is 18.7 Å². The van der Waals surface area contributed by atoms with Crippen molar-refractivity contribution >= 4 is 17.5 Å². The van der Waals surface area contributed by atoms with E-state index in [-0.39, 0.29) is 11.7 Å². The monoisotopic (exact) mass is 307 g/mol. The van der Waals surface area contributed by atoms with E-state index >= 15 is 0 Å². The zero-order valence-electron chi connectivity index (χ0n) is 13.0. The predicted octanol–water partition coefficient (Wildman–Crippen LogP) is 2.95. The maximum absolute atomic E-state index is 11.5. The summed E-state index contributed by atoms with van der Waals surface area (Å²) < 4.78 is 0. The van der Waals surface area contributed by atoms with Gasteiger partial charge in [0, 0.05) is 36.4 Å². The number of hydrogen-bond donors (Lipinski definition) is 1. The number of hydrogen-bond acceptors (Lipinski definition) is 4. The van der Waals surface area contributed by atoms with Crippen molar-refractivity contribution < 1.29 is 14.8 Å². The molecule has 1 aromatic rings. The highest BCUT2D eigenvalue weighted by Gasteiger charge is 2.37. The number of anilines is 1. The first-order chi connectivity index (χ1) is 10.2. The summed E-state index contributed by atoms with van der Waals surface area (Å²) in [4.78, 5) is 25.3. The molecule has 1 saturated heterocycles. The van der Waals surface area contributed by atoms with Gasteiger partial charge in [0.15, 0.2) is 0 Å². The highest BCUT2D eigenvalue weighted by molar-refractivity contribution is 5.67. The average molecular weight is 307 g/mol. The van der Waals surface area contributed by atoms with Crippen LogP contribution >= 0.6 is 0 Å². The molecule has 1 amide bonds. The molecule has 0 saturated carbocycles. The summed E-state index contributed by atoms with van der Waals surface area (Å²) in [6.45, 7) is 6.99. The quantitative estimate of drug-likeness (QED) is 0.685. The van der Waals surface area contributed by atoms with Gasteiger partial charge < -0.3 is 10.0 Å². The Kier molecular flexibility index (Phi) is 4.25. The Bertz CT molecular complexity index is 565. The highest BCUT2D eigenvalue weighted by atomic mass is 16.6. The molecule has 0 unspecified atom stereocenters. The van der Waals surface area contributed by atoms with Crippen LogP contribution in [0.5, 0.6) is 0 Å². The van der Waals surface area contributed by atoms with Gasteiger partial charge in [0.05, 0.1) is 11.0 Å². The summed E-state index contributed by atoms with van der Waals surface area (Å²) in [6, 6.07) is 6.29. The number of nitrogens with zero attached hydrogens (tertiary/aromatic N) is 3. The lowest BCUT2D eigenvalue weighted by Gasteiger charge is -2.38. The fourth-order valence-corrected chi connectivity index (χ4v) is 2.96. The molecular weight excluding hydrogens is 286 g/mol. The van der Waals surface area contributed by atoms with E-state index in [4.69, 9.17) is 0 Å². The number of carboxylic acid groups (broad SMARTS) is 1. The summed E-state index contributed by atoms with van der Waals surface area (Å²) in [5, 5.41) is 20.1. The van der Waals surface area contributed by atoms with Gasteiger partial charge in [-0.05, 0) is 39.3 Å². The number of carbonyl (C=O) groups is 1. The maximum Gasteiger partial charge on any atom is 0.408 e. The van der Waals surface area contributed by atoms with Crippen molar-refractivity contribution in [1.29, 1.82) is 0 Å². The van der Waals surface area contributed by atoms with E-state index in [1.165, 1.54) is 17.0 Å². The first-order valence-corrected chi connectivity index (χ1v) is 7.22. The molecule has 1 aliphatic heterocycles. The van der Waals surface area contributed by atoms with E-state index in [9.17, 15) is 20.0 Å². The Labute approximate surface area is 129 Å². The van der Waals surface area contributed by atoms with Gasteiger partial charge in [0.25, 0.3) is 5.69 Å². The topological polar surface area (TPSA) is 86.9 Å². The smallest absolute Gasteiger partial charge is 0.408 e. The summed E-state index contributed by atoms with van der Waals surface area (Å²) in [5.74, 6) is 0. The number of nitro groups is 1. The molecule has 1 heterocycles. The lowest BCUT2D eigenvalue weighted by Crippen LogP contribution is -2.52. The molecule has 0 radical (unpaired) electrons. The van der Waals surface area contributed by atoms with Crippen molar-refractivity contribution in [1.82, 2.24) is 4.90 Å². The Hall–Kier alpha value is -2.31. The molecule has 0 aliphatic carbocycles. The first kappa shape index (κ1) is 16.1. The minimum atomic E-state index is -0.914. The fraction of sp³-hybridized carbons (Fsp3) is 0.533. The van der Waals surface area contributed by atoms with Crippen molar-refractivity contribution in [2.24, 2.45) is 0 Å². The van der Waals surface area contributed by atoms with E-state index in [0.29, 0.717) is 6.54 Å². The number of amides is 1.